The molecular weight excluding hydrogens is 300 g/mol. The number of amides is 1. The summed E-state index contributed by atoms with van der Waals surface area (Å²) in [6.07, 6.45) is 3.65. The standard InChI is InChI=1S/C19H28N4O/c1-6-11-23-13-18(15(3)21-23)19(24)20-14(2)12-16-7-9-17(10-8-16)22(4)5/h7-10,13-14H,6,11-12H2,1-5H3,(H,20,24)/t14-/m0/s1. The van der Waals surface area contributed by atoms with Crippen LogP contribution in [-0.4, -0.2) is 35.8 Å². The van der Waals surface area contributed by atoms with E-state index in [2.05, 4.69) is 46.5 Å². The molecule has 0 saturated heterocycles. The zero-order valence-electron chi connectivity index (χ0n) is 15.3. The second-order valence-electron chi connectivity index (χ2n) is 6.53. The van der Waals surface area contributed by atoms with Crippen molar-refractivity contribution in [1.29, 1.82) is 0 Å². The Labute approximate surface area is 144 Å². The first-order valence-corrected chi connectivity index (χ1v) is 8.52. The quantitative estimate of drug-likeness (QED) is 0.850. The molecule has 0 aliphatic rings. The number of nitrogens with one attached hydrogen (secondary N) is 1. The van der Waals surface area contributed by atoms with E-state index in [1.54, 1.807) is 0 Å². The van der Waals surface area contributed by atoms with Crippen LogP contribution in [0.25, 0.3) is 0 Å². The molecule has 5 heteroatoms. The number of benzene rings is 1. The minimum absolute atomic E-state index is 0.0488. The predicted octanol–water partition coefficient (Wildman–Crippen LogP) is 3.03. The van der Waals surface area contributed by atoms with Gasteiger partial charge >= 0.3 is 0 Å². The molecule has 1 atom stereocenters. The Morgan fingerprint density at radius 3 is 2.54 bits per heavy atom. The highest BCUT2D eigenvalue weighted by Gasteiger charge is 2.15. The van der Waals surface area contributed by atoms with Crippen LogP contribution in [0.3, 0.4) is 0 Å². The lowest BCUT2D eigenvalue weighted by atomic mass is 10.1. The zero-order chi connectivity index (χ0) is 17.7. The van der Waals surface area contributed by atoms with Crippen LogP contribution in [0.2, 0.25) is 0 Å². The number of anilines is 1. The molecular formula is C19H28N4O. The Balaban J connectivity index is 1.96. The Kier molecular flexibility index (Phi) is 6.01. The Morgan fingerprint density at radius 2 is 1.96 bits per heavy atom. The van der Waals surface area contributed by atoms with Gasteiger partial charge in [-0.2, -0.15) is 5.10 Å². The van der Waals surface area contributed by atoms with E-state index in [4.69, 9.17) is 0 Å². The SMILES string of the molecule is CCCn1cc(C(=O)N[C@@H](C)Cc2ccc(N(C)C)cc2)c(C)n1. The van der Waals surface area contributed by atoms with Gasteiger partial charge in [0.1, 0.15) is 0 Å². The summed E-state index contributed by atoms with van der Waals surface area (Å²) >= 11 is 0. The van der Waals surface area contributed by atoms with Crippen molar-refractivity contribution < 1.29 is 4.79 Å². The minimum Gasteiger partial charge on any atom is -0.378 e. The second kappa shape index (κ2) is 7.99. The fraction of sp³-hybridized carbons (Fsp3) is 0.474. The summed E-state index contributed by atoms with van der Waals surface area (Å²) in [6.45, 7) is 6.84. The number of carbonyl (C=O) groups excluding carboxylic acids is 1. The number of carbonyl (C=O) groups is 1. The largest absolute Gasteiger partial charge is 0.378 e. The summed E-state index contributed by atoms with van der Waals surface area (Å²) < 4.78 is 1.84. The molecule has 1 aromatic heterocycles. The summed E-state index contributed by atoms with van der Waals surface area (Å²) in [5.41, 5.74) is 3.84. The molecule has 0 spiro atoms. The van der Waals surface area contributed by atoms with Crippen LogP contribution in [0.15, 0.2) is 30.5 Å². The minimum atomic E-state index is -0.0488. The smallest absolute Gasteiger partial charge is 0.254 e. The highest BCUT2D eigenvalue weighted by molar-refractivity contribution is 5.95. The molecule has 130 valence electrons. The summed E-state index contributed by atoms with van der Waals surface area (Å²) in [4.78, 5) is 14.5. The van der Waals surface area contributed by atoms with Crippen molar-refractivity contribution in [3.05, 3.63) is 47.3 Å². The topological polar surface area (TPSA) is 50.2 Å². The van der Waals surface area contributed by atoms with Crippen LogP contribution < -0.4 is 10.2 Å². The highest BCUT2D eigenvalue weighted by atomic mass is 16.1. The molecule has 1 heterocycles. The molecule has 0 saturated carbocycles. The summed E-state index contributed by atoms with van der Waals surface area (Å²) in [7, 11) is 4.05. The molecule has 0 aliphatic heterocycles. The Bertz CT molecular complexity index is 673. The van der Waals surface area contributed by atoms with Gasteiger partial charge in [0.25, 0.3) is 5.91 Å². The van der Waals surface area contributed by atoms with Gasteiger partial charge in [0.05, 0.1) is 11.3 Å². The monoisotopic (exact) mass is 328 g/mol. The maximum atomic E-state index is 12.5. The first-order chi connectivity index (χ1) is 11.4. The van der Waals surface area contributed by atoms with E-state index in [0.717, 1.165) is 25.1 Å². The van der Waals surface area contributed by atoms with Gasteiger partial charge in [0, 0.05) is 38.6 Å². The van der Waals surface area contributed by atoms with Gasteiger partial charge in [-0.25, -0.2) is 0 Å². The van der Waals surface area contributed by atoms with Crippen molar-refractivity contribution in [1.82, 2.24) is 15.1 Å². The van der Waals surface area contributed by atoms with Crippen LogP contribution >= 0.6 is 0 Å². The van der Waals surface area contributed by atoms with Crippen molar-refractivity contribution in [2.24, 2.45) is 0 Å². The third-order valence-electron chi connectivity index (χ3n) is 4.02. The molecule has 1 N–H and O–H groups in total. The van der Waals surface area contributed by atoms with E-state index in [1.807, 2.05) is 38.8 Å². The van der Waals surface area contributed by atoms with Crippen molar-refractivity contribution >= 4 is 11.6 Å². The van der Waals surface area contributed by atoms with Crippen molar-refractivity contribution in [3.8, 4) is 0 Å². The summed E-state index contributed by atoms with van der Waals surface area (Å²) in [5.74, 6) is -0.0488. The molecule has 0 aliphatic carbocycles. The fourth-order valence-electron chi connectivity index (χ4n) is 2.72. The van der Waals surface area contributed by atoms with E-state index in [9.17, 15) is 4.79 Å². The average molecular weight is 328 g/mol. The Morgan fingerprint density at radius 1 is 1.29 bits per heavy atom. The zero-order valence-corrected chi connectivity index (χ0v) is 15.3. The van der Waals surface area contributed by atoms with Crippen molar-refractivity contribution in [2.45, 2.75) is 46.2 Å². The molecule has 0 fully saturated rings. The maximum Gasteiger partial charge on any atom is 0.254 e. The van der Waals surface area contributed by atoms with Crippen LogP contribution in [0.4, 0.5) is 5.69 Å². The van der Waals surface area contributed by atoms with E-state index in [0.29, 0.717) is 5.56 Å². The van der Waals surface area contributed by atoms with Crippen molar-refractivity contribution in [3.63, 3.8) is 0 Å². The molecule has 5 nitrogen and oxygen atoms in total. The van der Waals surface area contributed by atoms with Crippen LogP contribution in [0.1, 0.15) is 41.9 Å². The number of hydrogen-bond donors (Lipinski definition) is 1. The van der Waals surface area contributed by atoms with E-state index in [1.165, 1.54) is 11.3 Å². The van der Waals surface area contributed by atoms with Crippen LogP contribution in [0, 0.1) is 6.92 Å². The van der Waals surface area contributed by atoms with Crippen LogP contribution in [-0.2, 0) is 13.0 Å². The number of nitrogens with zero attached hydrogens (tertiary/aromatic N) is 3. The number of aryl methyl sites for hydroxylation is 2. The molecule has 1 aromatic carbocycles. The number of aromatic nitrogens is 2. The van der Waals surface area contributed by atoms with E-state index in [-0.39, 0.29) is 11.9 Å². The maximum absolute atomic E-state index is 12.5. The summed E-state index contributed by atoms with van der Waals surface area (Å²) in [5, 5.41) is 7.47. The predicted molar refractivity (Wildman–Crippen MR) is 98.7 cm³/mol. The van der Waals surface area contributed by atoms with Gasteiger partial charge in [-0.05, 0) is 44.4 Å². The first-order valence-electron chi connectivity index (χ1n) is 8.52. The first kappa shape index (κ1) is 18.0. The molecule has 2 aromatic rings. The normalized spacial score (nSPS) is 12.0. The molecule has 0 bridgehead atoms. The lowest BCUT2D eigenvalue weighted by molar-refractivity contribution is 0.0939. The average Bonchev–Trinajstić information content (AvgIpc) is 2.88. The van der Waals surface area contributed by atoms with Gasteiger partial charge in [0.15, 0.2) is 0 Å². The van der Waals surface area contributed by atoms with Gasteiger partial charge in [-0.3, -0.25) is 9.48 Å². The van der Waals surface area contributed by atoms with Gasteiger partial charge in [0.2, 0.25) is 0 Å². The molecule has 2 rings (SSSR count). The van der Waals surface area contributed by atoms with Crippen molar-refractivity contribution in [2.75, 3.05) is 19.0 Å². The third-order valence-corrected chi connectivity index (χ3v) is 4.02. The summed E-state index contributed by atoms with van der Waals surface area (Å²) in [6, 6.07) is 8.49. The third kappa shape index (κ3) is 4.60. The number of rotatable bonds is 7. The van der Waals surface area contributed by atoms with Gasteiger partial charge < -0.3 is 10.2 Å². The van der Waals surface area contributed by atoms with E-state index >= 15 is 0 Å². The van der Waals surface area contributed by atoms with Crippen LogP contribution in [0.5, 0.6) is 0 Å². The molecule has 1 amide bonds. The Hall–Kier alpha value is -2.30. The molecule has 24 heavy (non-hydrogen) atoms. The lowest BCUT2D eigenvalue weighted by Gasteiger charge is -2.16. The fourth-order valence-corrected chi connectivity index (χ4v) is 2.72. The molecule has 0 radical (unpaired) electrons. The van der Waals surface area contributed by atoms with Gasteiger partial charge in [-0.1, -0.05) is 19.1 Å². The second-order valence-corrected chi connectivity index (χ2v) is 6.53. The lowest BCUT2D eigenvalue weighted by Crippen LogP contribution is -2.34. The molecule has 0 unspecified atom stereocenters. The van der Waals surface area contributed by atoms with Gasteiger partial charge in [-0.15, -0.1) is 0 Å². The number of hydrogen-bond acceptors (Lipinski definition) is 3. The highest BCUT2D eigenvalue weighted by Crippen LogP contribution is 2.14. The van der Waals surface area contributed by atoms with E-state index < -0.39 is 0 Å².